The third-order valence-electron chi connectivity index (χ3n) is 15.7. The van der Waals surface area contributed by atoms with E-state index in [9.17, 15) is 4.39 Å². The number of rotatable bonds is 3. The van der Waals surface area contributed by atoms with E-state index < -0.39 is 0 Å². The first-order valence-electron chi connectivity index (χ1n) is 22.3. The highest BCUT2D eigenvalue weighted by Crippen LogP contribution is 2.62. The second kappa shape index (κ2) is 12.2. The maximum absolute atomic E-state index is 14.9. The van der Waals surface area contributed by atoms with Gasteiger partial charge in [0.1, 0.15) is 5.82 Å². The zero-order chi connectivity index (χ0) is 41.9. The van der Waals surface area contributed by atoms with Crippen LogP contribution in [0.3, 0.4) is 0 Å². The Morgan fingerprint density at radius 2 is 1.02 bits per heavy atom. The van der Waals surface area contributed by atoms with Crippen LogP contribution in [0.2, 0.25) is 0 Å². The number of benzene rings is 6. The number of hydrogen-bond donors (Lipinski definition) is 0. The van der Waals surface area contributed by atoms with Gasteiger partial charge in [0.25, 0.3) is 6.71 Å². The van der Waals surface area contributed by atoms with Crippen LogP contribution in [0, 0.1) is 5.82 Å². The summed E-state index contributed by atoms with van der Waals surface area (Å²) in [6.45, 7) is 23.9. The summed E-state index contributed by atoms with van der Waals surface area (Å²) in [6.07, 6.45) is 4.74. The predicted octanol–water partition coefficient (Wildman–Crippen LogP) is 12.9. The average Bonchev–Trinajstić information content (AvgIpc) is 3.42. The Morgan fingerprint density at radius 3 is 1.60 bits per heavy atom. The molecule has 11 rings (SSSR count). The smallest absolute Gasteiger partial charge is 0.252 e. The Morgan fingerprint density at radius 1 is 0.500 bits per heavy atom. The summed E-state index contributed by atoms with van der Waals surface area (Å²) in [5, 5.41) is 0. The minimum atomic E-state index is -0.245. The molecule has 1 fully saturated rings. The van der Waals surface area contributed by atoms with Gasteiger partial charge in [0, 0.05) is 56.3 Å². The molecular formula is C55H57BFN3. The molecule has 4 heterocycles. The quantitative estimate of drug-likeness (QED) is 0.165. The predicted molar refractivity (Wildman–Crippen MR) is 253 cm³/mol. The second-order valence-corrected chi connectivity index (χ2v) is 21.5. The third kappa shape index (κ3) is 4.89. The highest BCUT2D eigenvalue weighted by Gasteiger charge is 2.58. The number of anilines is 8. The molecule has 0 spiro atoms. The lowest BCUT2D eigenvalue weighted by atomic mass is 9.28. The van der Waals surface area contributed by atoms with Gasteiger partial charge in [-0.25, -0.2) is 4.39 Å². The van der Waals surface area contributed by atoms with E-state index in [1.54, 1.807) is 12.1 Å². The van der Waals surface area contributed by atoms with E-state index in [0.29, 0.717) is 0 Å². The van der Waals surface area contributed by atoms with E-state index in [-0.39, 0.29) is 39.7 Å². The molecule has 60 heavy (non-hydrogen) atoms. The lowest BCUT2D eigenvalue weighted by molar-refractivity contribution is 0.195. The first-order valence-corrected chi connectivity index (χ1v) is 22.3. The lowest BCUT2D eigenvalue weighted by Gasteiger charge is -2.52. The van der Waals surface area contributed by atoms with Gasteiger partial charge in [-0.3, -0.25) is 0 Å². The normalized spacial score (nSPS) is 21.8. The maximum atomic E-state index is 14.9. The molecule has 6 aromatic rings. The monoisotopic (exact) mass is 789 g/mol. The van der Waals surface area contributed by atoms with Crippen molar-refractivity contribution in [2.75, 3.05) is 14.7 Å². The summed E-state index contributed by atoms with van der Waals surface area (Å²) < 4.78 is 14.9. The zero-order valence-corrected chi connectivity index (χ0v) is 37.1. The van der Waals surface area contributed by atoms with Gasteiger partial charge in [0.15, 0.2) is 0 Å². The van der Waals surface area contributed by atoms with Crippen molar-refractivity contribution in [3.63, 3.8) is 0 Å². The van der Waals surface area contributed by atoms with Crippen LogP contribution in [-0.2, 0) is 21.7 Å². The summed E-state index contributed by atoms with van der Waals surface area (Å²) >= 11 is 0. The van der Waals surface area contributed by atoms with Crippen LogP contribution < -0.4 is 31.1 Å². The summed E-state index contributed by atoms with van der Waals surface area (Å²) in [7, 11) is 0. The van der Waals surface area contributed by atoms with Crippen LogP contribution in [0.1, 0.15) is 123 Å². The minimum Gasteiger partial charge on any atom is -0.334 e. The van der Waals surface area contributed by atoms with Gasteiger partial charge in [-0.2, -0.15) is 0 Å². The van der Waals surface area contributed by atoms with E-state index in [1.807, 2.05) is 12.1 Å². The number of fused-ring (bicyclic) bond motifs is 3. The van der Waals surface area contributed by atoms with Gasteiger partial charge in [0.05, 0.1) is 5.54 Å². The van der Waals surface area contributed by atoms with E-state index in [4.69, 9.17) is 0 Å². The third-order valence-corrected chi connectivity index (χ3v) is 15.7. The zero-order valence-electron chi connectivity index (χ0n) is 37.1. The molecule has 2 atom stereocenters. The molecule has 0 radical (unpaired) electrons. The molecule has 5 aliphatic rings. The van der Waals surface area contributed by atoms with Crippen LogP contribution in [0.5, 0.6) is 0 Å². The fourth-order valence-electron chi connectivity index (χ4n) is 12.3. The van der Waals surface area contributed by atoms with Crippen molar-refractivity contribution in [2.24, 2.45) is 0 Å². The molecular weight excluding hydrogens is 732 g/mol. The molecule has 6 aromatic carbocycles. The van der Waals surface area contributed by atoms with Gasteiger partial charge in [0.2, 0.25) is 0 Å². The molecule has 0 amide bonds. The van der Waals surface area contributed by atoms with Crippen LogP contribution in [0.25, 0.3) is 0 Å². The van der Waals surface area contributed by atoms with E-state index in [1.165, 1.54) is 103 Å². The molecule has 1 saturated carbocycles. The Balaban J connectivity index is 1.30. The van der Waals surface area contributed by atoms with Crippen molar-refractivity contribution in [1.29, 1.82) is 0 Å². The Bertz CT molecular complexity index is 2760. The number of para-hydroxylation sites is 1. The topological polar surface area (TPSA) is 9.72 Å². The summed E-state index contributed by atoms with van der Waals surface area (Å²) in [6, 6.07) is 42.8. The first kappa shape index (κ1) is 37.7. The summed E-state index contributed by atoms with van der Waals surface area (Å²) in [4.78, 5) is 7.82. The van der Waals surface area contributed by atoms with Gasteiger partial charge in [-0.1, -0.05) is 124 Å². The molecule has 0 N–H and O–H groups in total. The van der Waals surface area contributed by atoms with E-state index in [2.05, 4.69) is 175 Å². The van der Waals surface area contributed by atoms with Crippen molar-refractivity contribution in [2.45, 2.75) is 122 Å². The van der Waals surface area contributed by atoms with Crippen LogP contribution in [0.15, 0.2) is 115 Å². The molecule has 5 heteroatoms. The van der Waals surface area contributed by atoms with Gasteiger partial charge < -0.3 is 14.7 Å². The van der Waals surface area contributed by atoms with E-state index in [0.717, 1.165) is 12.1 Å². The van der Waals surface area contributed by atoms with Crippen molar-refractivity contribution in [3.05, 3.63) is 149 Å². The van der Waals surface area contributed by atoms with Crippen LogP contribution >= 0.6 is 0 Å². The SMILES string of the molecule is CC(C)(C)c1cc(N2c3cc(N4c5ccccc5C5(C)CCCCC45C)cc4c3B3c5c(cccc5C(C)(C)c5cccc2c53)N4c2ccc(F)cc2)cc(C(C)(C)C)c1. The Labute approximate surface area is 357 Å². The molecule has 0 aromatic heterocycles. The fourth-order valence-corrected chi connectivity index (χ4v) is 12.3. The van der Waals surface area contributed by atoms with Gasteiger partial charge in [-0.05, 0) is 142 Å². The van der Waals surface area contributed by atoms with Crippen LogP contribution in [-0.4, -0.2) is 12.3 Å². The van der Waals surface area contributed by atoms with Crippen LogP contribution in [0.4, 0.5) is 49.9 Å². The highest BCUT2D eigenvalue weighted by molar-refractivity contribution is 7.01. The number of hydrogen-bond acceptors (Lipinski definition) is 3. The number of nitrogens with zero attached hydrogens (tertiary/aromatic N) is 3. The fraction of sp³-hybridized carbons (Fsp3) is 0.345. The second-order valence-electron chi connectivity index (χ2n) is 21.5. The standard InChI is InChI=1S/C55H57BFN3/c1-51(2,3)34-29-35(52(4,5)6)31-38(30-34)59-45-22-16-19-42-49(45)56-48-41(53(42,7)8)18-15-21-44(48)58(37-25-23-36(57)24-26-37)46-32-39(33-47(59)50(46)56)60-43-20-12-11-17-40(43)54(9)27-13-14-28-55(54,60)10/h11-12,15-26,29-33H,13-14,27-28H2,1-10H3. The van der Waals surface area contributed by atoms with Crippen molar-refractivity contribution in [3.8, 4) is 0 Å². The maximum Gasteiger partial charge on any atom is 0.252 e. The first-order chi connectivity index (χ1) is 28.4. The Hall–Kier alpha value is -5.29. The minimum absolute atomic E-state index is 0.00587. The average molecular weight is 790 g/mol. The molecule has 3 nitrogen and oxygen atoms in total. The molecule has 302 valence electrons. The van der Waals surface area contributed by atoms with Gasteiger partial charge in [-0.15, -0.1) is 0 Å². The van der Waals surface area contributed by atoms with Crippen molar-refractivity contribution < 1.29 is 4.39 Å². The lowest BCUT2D eigenvalue weighted by Crippen LogP contribution is -2.67. The molecule has 2 unspecified atom stereocenters. The molecule has 1 aliphatic carbocycles. The summed E-state index contributed by atoms with van der Waals surface area (Å²) in [5.74, 6) is -0.225. The number of halogens is 1. The van der Waals surface area contributed by atoms with E-state index >= 15 is 0 Å². The Kier molecular flexibility index (Phi) is 7.65. The largest absolute Gasteiger partial charge is 0.334 e. The molecule has 0 bridgehead atoms. The summed E-state index contributed by atoms with van der Waals surface area (Å²) in [5.41, 5.74) is 20.0. The molecule has 4 aliphatic heterocycles. The van der Waals surface area contributed by atoms with Gasteiger partial charge >= 0.3 is 0 Å². The molecule has 0 saturated heterocycles. The van der Waals surface area contributed by atoms with Crippen molar-refractivity contribution >= 4 is 68.6 Å². The van der Waals surface area contributed by atoms with Crippen molar-refractivity contribution in [1.82, 2.24) is 0 Å². The highest BCUT2D eigenvalue weighted by atomic mass is 19.1.